The Morgan fingerprint density at radius 3 is 2.33 bits per heavy atom. The van der Waals surface area contributed by atoms with Crippen LogP contribution in [0.3, 0.4) is 0 Å². The fraction of sp³-hybridized carbons (Fsp3) is 0.273. The number of fused-ring (bicyclic) bond motifs is 1. The SMILES string of the molecule is Cc1cc(C)c(S(=O)(=O)N2CCc3cc(-c4ccsc4)ccc3C2)c(C)c1. The first kappa shape index (κ1) is 18.4. The van der Waals surface area contributed by atoms with Crippen molar-refractivity contribution >= 4 is 21.4 Å². The highest BCUT2D eigenvalue weighted by molar-refractivity contribution is 7.89. The Morgan fingerprint density at radius 2 is 1.67 bits per heavy atom. The lowest BCUT2D eigenvalue weighted by atomic mass is 9.96. The Kier molecular flexibility index (Phi) is 4.70. The summed E-state index contributed by atoms with van der Waals surface area (Å²) in [5.74, 6) is 0. The molecule has 140 valence electrons. The van der Waals surface area contributed by atoms with Gasteiger partial charge in [-0.05, 0) is 77.4 Å². The number of hydrogen-bond donors (Lipinski definition) is 0. The van der Waals surface area contributed by atoms with Gasteiger partial charge in [-0.1, -0.05) is 35.9 Å². The van der Waals surface area contributed by atoms with Crippen molar-refractivity contribution in [3.8, 4) is 11.1 Å². The van der Waals surface area contributed by atoms with E-state index in [0.29, 0.717) is 18.0 Å². The molecule has 2 aromatic carbocycles. The number of aryl methyl sites for hydroxylation is 3. The molecule has 0 fully saturated rings. The average molecular weight is 398 g/mol. The van der Waals surface area contributed by atoms with Crippen molar-refractivity contribution in [2.24, 2.45) is 0 Å². The van der Waals surface area contributed by atoms with E-state index in [1.807, 2.05) is 32.9 Å². The summed E-state index contributed by atoms with van der Waals surface area (Å²) in [4.78, 5) is 0.464. The number of rotatable bonds is 3. The number of hydrogen-bond acceptors (Lipinski definition) is 3. The molecule has 1 aliphatic rings. The van der Waals surface area contributed by atoms with E-state index in [2.05, 4.69) is 35.0 Å². The lowest BCUT2D eigenvalue weighted by Gasteiger charge is -2.29. The molecule has 3 nitrogen and oxygen atoms in total. The molecule has 5 heteroatoms. The zero-order chi connectivity index (χ0) is 19.2. The predicted octanol–water partition coefficient (Wildman–Crippen LogP) is 5.09. The summed E-state index contributed by atoms with van der Waals surface area (Å²) < 4.78 is 28.3. The van der Waals surface area contributed by atoms with Crippen molar-refractivity contribution < 1.29 is 8.42 Å². The molecule has 0 saturated heterocycles. The second kappa shape index (κ2) is 6.89. The molecule has 0 N–H and O–H groups in total. The van der Waals surface area contributed by atoms with Crippen LogP contribution in [0.4, 0.5) is 0 Å². The minimum Gasteiger partial charge on any atom is -0.207 e. The van der Waals surface area contributed by atoms with E-state index in [4.69, 9.17) is 0 Å². The standard InChI is InChI=1S/C22H23NO2S2/c1-15-10-16(2)22(17(3)11-15)27(24,25)23-8-6-19-12-18(4-5-20(19)13-23)21-7-9-26-14-21/h4-5,7,9-12,14H,6,8,13H2,1-3H3. The predicted molar refractivity (Wildman–Crippen MR) is 112 cm³/mol. The fourth-order valence-corrected chi connectivity index (χ4v) is 6.54. The molecule has 0 amide bonds. The molecule has 0 spiro atoms. The lowest BCUT2D eigenvalue weighted by Crippen LogP contribution is -2.36. The van der Waals surface area contributed by atoms with Crippen molar-refractivity contribution in [3.05, 3.63) is 75.0 Å². The summed E-state index contributed by atoms with van der Waals surface area (Å²) in [5.41, 5.74) is 7.53. The number of benzene rings is 2. The molecule has 0 unspecified atom stereocenters. The molecule has 0 radical (unpaired) electrons. The van der Waals surface area contributed by atoms with Crippen molar-refractivity contribution in [2.45, 2.75) is 38.6 Å². The number of nitrogens with zero attached hydrogens (tertiary/aromatic N) is 1. The van der Waals surface area contributed by atoms with Crippen molar-refractivity contribution in [3.63, 3.8) is 0 Å². The maximum atomic E-state index is 13.3. The Morgan fingerprint density at radius 1 is 0.926 bits per heavy atom. The zero-order valence-electron chi connectivity index (χ0n) is 15.8. The molecule has 4 rings (SSSR count). The van der Waals surface area contributed by atoms with Crippen molar-refractivity contribution in [1.82, 2.24) is 4.31 Å². The lowest BCUT2D eigenvalue weighted by molar-refractivity contribution is 0.391. The van der Waals surface area contributed by atoms with Crippen LogP contribution in [0, 0.1) is 20.8 Å². The molecule has 0 atom stereocenters. The molecule has 2 heterocycles. The Balaban J connectivity index is 1.67. The van der Waals surface area contributed by atoms with Crippen molar-refractivity contribution in [1.29, 1.82) is 0 Å². The van der Waals surface area contributed by atoms with Crippen LogP contribution < -0.4 is 0 Å². The van der Waals surface area contributed by atoms with Crippen LogP contribution in [0.1, 0.15) is 27.8 Å². The van der Waals surface area contributed by atoms with E-state index >= 15 is 0 Å². The van der Waals surface area contributed by atoms with E-state index in [0.717, 1.165) is 28.7 Å². The Bertz CT molecular complexity index is 1080. The van der Waals surface area contributed by atoms with Gasteiger partial charge in [0.25, 0.3) is 0 Å². The van der Waals surface area contributed by atoms with Crippen LogP contribution in [-0.2, 0) is 23.0 Å². The summed E-state index contributed by atoms with van der Waals surface area (Å²) in [5, 5.41) is 4.22. The van der Waals surface area contributed by atoms with Crippen LogP contribution in [0.15, 0.2) is 52.1 Å². The van der Waals surface area contributed by atoms with Crippen molar-refractivity contribution in [2.75, 3.05) is 6.54 Å². The first-order valence-electron chi connectivity index (χ1n) is 9.08. The maximum absolute atomic E-state index is 13.3. The third kappa shape index (κ3) is 3.35. The van der Waals surface area contributed by atoms with E-state index in [1.54, 1.807) is 15.6 Å². The zero-order valence-corrected chi connectivity index (χ0v) is 17.5. The first-order valence-corrected chi connectivity index (χ1v) is 11.5. The normalized spacial score (nSPS) is 14.9. The van der Waals surface area contributed by atoms with Gasteiger partial charge in [0.05, 0.1) is 4.90 Å². The second-order valence-corrected chi connectivity index (χ2v) is 9.97. The second-order valence-electron chi connectivity index (χ2n) is 7.31. The first-order chi connectivity index (χ1) is 12.9. The van der Waals surface area contributed by atoms with Crippen LogP contribution >= 0.6 is 11.3 Å². The van der Waals surface area contributed by atoms with E-state index in [9.17, 15) is 8.42 Å². The van der Waals surface area contributed by atoms with Gasteiger partial charge in [-0.25, -0.2) is 8.42 Å². The smallest absolute Gasteiger partial charge is 0.207 e. The van der Waals surface area contributed by atoms with Crippen LogP contribution in [0.25, 0.3) is 11.1 Å². The average Bonchev–Trinajstić information content (AvgIpc) is 3.14. The number of sulfonamides is 1. The van der Waals surface area contributed by atoms with Gasteiger partial charge in [-0.15, -0.1) is 0 Å². The van der Waals surface area contributed by atoms with Gasteiger partial charge in [-0.3, -0.25) is 0 Å². The third-order valence-corrected chi connectivity index (χ3v) is 8.08. The molecule has 0 saturated carbocycles. The van der Waals surface area contributed by atoms with Crippen LogP contribution in [0.2, 0.25) is 0 Å². The fourth-order valence-electron chi connectivity index (χ4n) is 4.04. The molecular weight excluding hydrogens is 374 g/mol. The third-order valence-electron chi connectivity index (χ3n) is 5.24. The molecule has 0 aliphatic carbocycles. The quantitative estimate of drug-likeness (QED) is 0.617. The Hall–Kier alpha value is -1.95. The largest absolute Gasteiger partial charge is 0.243 e. The van der Waals surface area contributed by atoms with Crippen LogP contribution in [-0.4, -0.2) is 19.3 Å². The Labute approximate surface area is 165 Å². The molecule has 3 aromatic rings. The highest BCUT2D eigenvalue weighted by Crippen LogP contribution is 2.31. The van der Waals surface area contributed by atoms with Gasteiger partial charge < -0.3 is 0 Å². The summed E-state index contributed by atoms with van der Waals surface area (Å²) in [6.07, 6.45) is 0.747. The number of thiophene rings is 1. The molecule has 27 heavy (non-hydrogen) atoms. The van der Waals surface area contributed by atoms with Gasteiger partial charge in [-0.2, -0.15) is 15.6 Å². The minimum absolute atomic E-state index is 0.439. The van der Waals surface area contributed by atoms with Crippen LogP contribution in [0.5, 0.6) is 0 Å². The molecular formula is C22H23NO2S2. The van der Waals surface area contributed by atoms with Gasteiger partial charge in [0.15, 0.2) is 0 Å². The van der Waals surface area contributed by atoms with E-state index < -0.39 is 10.0 Å². The van der Waals surface area contributed by atoms with Gasteiger partial charge in [0.2, 0.25) is 10.0 Å². The maximum Gasteiger partial charge on any atom is 0.243 e. The summed E-state index contributed by atoms with van der Waals surface area (Å²) in [6, 6.07) is 12.4. The molecule has 1 aromatic heterocycles. The van der Waals surface area contributed by atoms with Gasteiger partial charge in [0, 0.05) is 13.1 Å². The van der Waals surface area contributed by atoms with Gasteiger partial charge in [0.1, 0.15) is 0 Å². The molecule has 0 bridgehead atoms. The summed E-state index contributed by atoms with van der Waals surface area (Å²) >= 11 is 1.69. The topological polar surface area (TPSA) is 37.4 Å². The highest BCUT2D eigenvalue weighted by atomic mass is 32.2. The summed E-state index contributed by atoms with van der Waals surface area (Å²) in [7, 11) is -3.50. The minimum atomic E-state index is -3.50. The van der Waals surface area contributed by atoms with Gasteiger partial charge >= 0.3 is 0 Å². The summed E-state index contributed by atoms with van der Waals surface area (Å²) in [6.45, 7) is 6.73. The molecule has 1 aliphatic heterocycles. The van der Waals surface area contributed by atoms with E-state index in [1.165, 1.54) is 16.7 Å². The highest BCUT2D eigenvalue weighted by Gasteiger charge is 2.30. The van der Waals surface area contributed by atoms with E-state index in [-0.39, 0.29) is 0 Å². The monoisotopic (exact) mass is 397 g/mol.